The van der Waals surface area contributed by atoms with Gasteiger partial charge in [0, 0.05) is 28.9 Å². The van der Waals surface area contributed by atoms with Crippen LogP contribution in [-0.2, 0) is 0 Å². The first-order valence-corrected chi connectivity index (χ1v) is 6.46. The number of halogens is 1. The van der Waals surface area contributed by atoms with Crippen molar-refractivity contribution in [3.8, 4) is 5.75 Å². The van der Waals surface area contributed by atoms with Crippen LogP contribution < -0.4 is 10.5 Å². The van der Waals surface area contributed by atoms with Gasteiger partial charge in [-0.15, -0.1) is 0 Å². The molecule has 3 N–H and O–H groups in total. The molecule has 3 rings (SSSR count). The number of nitrogens with two attached hydrogens (primary N) is 1. The Labute approximate surface area is 115 Å². The molecule has 3 nitrogen and oxygen atoms in total. The van der Waals surface area contributed by atoms with Crippen LogP contribution in [0.25, 0.3) is 21.8 Å². The largest absolute Gasteiger partial charge is 0.486 e. The average Bonchev–Trinajstić information content (AvgIpc) is 2.83. The van der Waals surface area contributed by atoms with Crippen LogP contribution in [0.4, 0.5) is 4.39 Å². The van der Waals surface area contributed by atoms with Gasteiger partial charge in [0.05, 0.1) is 5.52 Å². The molecule has 20 heavy (non-hydrogen) atoms. The number of benzene rings is 2. The van der Waals surface area contributed by atoms with E-state index in [1.807, 2.05) is 36.4 Å². The van der Waals surface area contributed by atoms with E-state index < -0.39 is 0 Å². The molecule has 0 bridgehead atoms. The minimum atomic E-state index is -0.357. The van der Waals surface area contributed by atoms with E-state index >= 15 is 0 Å². The van der Waals surface area contributed by atoms with Gasteiger partial charge < -0.3 is 15.5 Å². The second-order valence-electron chi connectivity index (χ2n) is 4.55. The van der Waals surface area contributed by atoms with Gasteiger partial charge >= 0.3 is 0 Å². The summed E-state index contributed by atoms with van der Waals surface area (Å²) < 4.78 is 18.6. The number of hydrogen-bond donors (Lipinski definition) is 2. The Balaban J connectivity index is 1.91. The topological polar surface area (TPSA) is 51.0 Å². The van der Waals surface area contributed by atoms with Crippen molar-refractivity contribution in [2.75, 3.05) is 13.2 Å². The molecule has 0 aliphatic rings. The smallest absolute Gasteiger partial charge is 0.139 e. The zero-order valence-electron chi connectivity index (χ0n) is 10.9. The highest BCUT2D eigenvalue weighted by atomic mass is 19.1. The molecule has 0 radical (unpaired) electrons. The molecule has 0 aliphatic carbocycles. The Morgan fingerprint density at radius 1 is 1.15 bits per heavy atom. The number of ether oxygens (including phenoxy) is 1. The fraction of sp³-hybridized carbons (Fsp3) is 0.125. The number of H-pyrrole nitrogens is 1. The summed E-state index contributed by atoms with van der Waals surface area (Å²) in [5, 5.41) is 2.30. The Hall–Kier alpha value is -2.33. The SMILES string of the molecule is NC/C=C(\F)COc1ccc2c(c1)[nH]c1ccccc12. The third kappa shape index (κ3) is 2.38. The molecule has 0 aliphatic heterocycles. The van der Waals surface area contributed by atoms with Gasteiger partial charge in [-0.05, 0) is 24.3 Å². The number of rotatable bonds is 4. The van der Waals surface area contributed by atoms with E-state index in [2.05, 4.69) is 11.1 Å². The molecule has 1 heterocycles. The van der Waals surface area contributed by atoms with Crippen LogP contribution in [0.3, 0.4) is 0 Å². The Morgan fingerprint density at radius 2 is 1.95 bits per heavy atom. The molecule has 2 aromatic carbocycles. The van der Waals surface area contributed by atoms with Gasteiger partial charge in [0.25, 0.3) is 0 Å². The molecule has 4 heteroatoms. The zero-order valence-corrected chi connectivity index (χ0v) is 10.9. The first kappa shape index (κ1) is 12.7. The van der Waals surface area contributed by atoms with Crippen molar-refractivity contribution in [1.29, 1.82) is 0 Å². The van der Waals surface area contributed by atoms with E-state index in [9.17, 15) is 4.39 Å². The number of fused-ring (bicyclic) bond motifs is 3. The van der Waals surface area contributed by atoms with E-state index in [4.69, 9.17) is 10.5 Å². The van der Waals surface area contributed by atoms with E-state index in [1.165, 1.54) is 11.5 Å². The van der Waals surface area contributed by atoms with Crippen molar-refractivity contribution in [2.24, 2.45) is 5.73 Å². The molecule has 0 unspecified atom stereocenters. The molecule has 0 atom stereocenters. The number of aromatic amines is 1. The highest BCUT2D eigenvalue weighted by Crippen LogP contribution is 2.28. The maximum atomic E-state index is 13.2. The normalized spacial score (nSPS) is 12.2. The van der Waals surface area contributed by atoms with Gasteiger partial charge in [-0.2, -0.15) is 0 Å². The van der Waals surface area contributed by atoms with Crippen LogP contribution in [0.2, 0.25) is 0 Å². The Bertz CT molecular complexity index is 776. The average molecular weight is 270 g/mol. The summed E-state index contributed by atoms with van der Waals surface area (Å²) in [6, 6.07) is 13.8. The fourth-order valence-corrected chi connectivity index (χ4v) is 2.26. The lowest BCUT2D eigenvalue weighted by molar-refractivity contribution is 0.318. The van der Waals surface area contributed by atoms with Crippen LogP contribution >= 0.6 is 0 Å². The summed E-state index contributed by atoms with van der Waals surface area (Å²) in [7, 11) is 0. The fourth-order valence-electron chi connectivity index (χ4n) is 2.26. The van der Waals surface area contributed by atoms with Crippen molar-refractivity contribution in [2.45, 2.75) is 0 Å². The molecule has 0 fully saturated rings. The van der Waals surface area contributed by atoms with E-state index in [1.54, 1.807) is 0 Å². The lowest BCUT2D eigenvalue weighted by Crippen LogP contribution is -2.01. The van der Waals surface area contributed by atoms with Gasteiger partial charge in [0.2, 0.25) is 0 Å². The lowest BCUT2D eigenvalue weighted by Gasteiger charge is -2.04. The number of para-hydroxylation sites is 1. The summed E-state index contributed by atoms with van der Waals surface area (Å²) in [6.45, 7) is 0.0825. The van der Waals surface area contributed by atoms with Crippen LogP contribution in [0.1, 0.15) is 0 Å². The molecular weight excluding hydrogens is 255 g/mol. The second-order valence-corrected chi connectivity index (χ2v) is 4.55. The quantitative estimate of drug-likeness (QED) is 0.762. The predicted octanol–water partition coefficient (Wildman–Crippen LogP) is 3.51. The highest BCUT2D eigenvalue weighted by Gasteiger charge is 2.05. The maximum Gasteiger partial charge on any atom is 0.139 e. The van der Waals surface area contributed by atoms with Crippen LogP contribution in [0.5, 0.6) is 5.75 Å². The molecule has 3 aromatic rings. The summed E-state index contributed by atoms with van der Waals surface area (Å²) in [5.41, 5.74) is 7.30. The monoisotopic (exact) mass is 270 g/mol. The molecule has 0 amide bonds. The highest BCUT2D eigenvalue weighted by molar-refractivity contribution is 6.07. The molecule has 0 spiro atoms. The van der Waals surface area contributed by atoms with E-state index in [0.29, 0.717) is 5.75 Å². The number of aromatic nitrogens is 1. The van der Waals surface area contributed by atoms with Crippen molar-refractivity contribution in [3.63, 3.8) is 0 Å². The summed E-state index contributed by atoms with van der Waals surface area (Å²) >= 11 is 0. The third-order valence-corrected chi connectivity index (χ3v) is 3.19. The first-order chi connectivity index (χ1) is 9.78. The Morgan fingerprint density at radius 3 is 2.80 bits per heavy atom. The van der Waals surface area contributed by atoms with Crippen LogP contribution in [0.15, 0.2) is 54.4 Å². The number of hydrogen-bond acceptors (Lipinski definition) is 2. The summed E-state index contributed by atoms with van der Waals surface area (Å²) in [5.74, 6) is 0.272. The van der Waals surface area contributed by atoms with Gasteiger partial charge in [-0.1, -0.05) is 18.2 Å². The third-order valence-electron chi connectivity index (χ3n) is 3.19. The van der Waals surface area contributed by atoms with Crippen molar-refractivity contribution >= 4 is 21.8 Å². The van der Waals surface area contributed by atoms with Crippen molar-refractivity contribution < 1.29 is 9.13 Å². The number of nitrogens with one attached hydrogen (secondary N) is 1. The summed E-state index contributed by atoms with van der Waals surface area (Å²) in [4.78, 5) is 3.32. The lowest BCUT2D eigenvalue weighted by atomic mass is 10.1. The predicted molar refractivity (Wildman–Crippen MR) is 79.5 cm³/mol. The molecular formula is C16H15FN2O. The second kappa shape index (κ2) is 5.35. The zero-order chi connectivity index (χ0) is 13.9. The van der Waals surface area contributed by atoms with Crippen LogP contribution in [-0.4, -0.2) is 18.1 Å². The van der Waals surface area contributed by atoms with Crippen molar-refractivity contribution in [3.05, 3.63) is 54.4 Å². The molecule has 1 aromatic heterocycles. The van der Waals surface area contributed by atoms with Crippen LogP contribution in [0, 0.1) is 0 Å². The first-order valence-electron chi connectivity index (χ1n) is 6.46. The molecule has 102 valence electrons. The van der Waals surface area contributed by atoms with Gasteiger partial charge in [-0.25, -0.2) is 4.39 Å². The Kier molecular flexibility index (Phi) is 3.39. The van der Waals surface area contributed by atoms with Gasteiger partial charge in [-0.3, -0.25) is 0 Å². The van der Waals surface area contributed by atoms with E-state index in [0.717, 1.165) is 16.4 Å². The standard InChI is InChI=1S/C16H15FN2O/c17-11(7-8-18)10-20-12-5-6-14-13-3-1-2-4-15(13)19-16(14)9-12/h1-7,9,19H,8,10,18H2/b11-7-. The van der Waals surface area contributed by atoms with E-state index in [-0.39, 0.29) is 19.0 Å². The molecule has 0 saturated heterocycles. The van der Waals surface area contributed by atoms with Gasteiger partial charge in [0.15, 0.2) is 0 Å². The van der Waals surface area contributed by atoms with Gasteiger partial charge in [0.1, 0.15) is 18.2 Å². The van der Waals surface area contributed by atoms with Crippen molar-refractivity contribution in [1.82, 2.24) is 4.98 Å². The summed E-state index contributed by atoms with van der Waals surface area (Å²) in [6.07, 6.45) is 1.31. The minimum absolute atomic E-state index is 0.0943. The maximum absolute atomic E-state index is 13.2. The minimum Gasteiger partial charge on any atom is -0.486 e. The molecule has 0 saturated carbocycles.